The number of nitrogens with zero attached hydrogens (tertiary/aromatic N) is 3. The first-order valence-electron chi connectivity index (χ1n) is 8.73. The molecular weight excluding hydrogens is 286 g/mol. The van der Waals surface area contributed by atoms with Crippen molar-refractivity contribution in [2.75, 3.05) is 45.8 Å². The summed E-state index contributed by atoms with van der Waals surface area (Å²) in [5.41, 5.74) is 7.29. The number of hydrogen-bond acceptors (Lipinski definition) is 3. The highest BCUT2D eigenvalue weighted by Crippen LogP contribution is 2.06. The SMILES string of the molecule is CCN1CCN(C(C)CN=C(N)NCCc2ccccc2)CC1. The van der Waals surface area contributed by atoms with Crippen LogP contribution in [0.1, 0.15) is 19.4 Å². The number of rotatable bonds is 7. The molecule has 1 aliphatic heterocycles. The molecule has 3 N–H and O–H groups in total. The largest absolute Gasteiger partial charge is 0.370 e. The van der Waals surface area contributed by atoms with Crippen molar-refractivity contribution in [3.63, 3.8) is 0 Å². The van der Waals surface area contributed by atoms with E-state index in [1.807, 2.05) is 6.07 Å². The summed E-state index contributed by atoms with van der Waals surface area (Å²) in [4.78, 5) is 9.50. The number of benzene rings is 1. The molecule has 1 saturated heterocycles. The van der Waals surface area contributed by atoms with Gasteiger partial charge in [0.2, 0.25) is 0 Å². The van der Waals surface area contributed by atoms with Crippen LogP contribution < -0.4 is 11.1 Å². The smallest absolute Gasteiger partial charge is 0.188 e. The summed E-state index contributed by atoms with van der Waals surface area (Å²) in [5, 5.41) is 3.21. The fourth-order valence-electron chi connectivity index (χ4n) is 2.90. The van der Waals surface area contributed by atoms with Crippen molar-refractivity contribution in [3.8, 4) is 0 Å². The number of piperazine rings is 1. The van der Waals surface area contributed by atoms with E-state index < -0.39 is 0 Å². The lowest BCUT2D eigenvalue weighted by Gasteiger charge is -2.37. The zero-order chi connectivity index (χ0) is 16.5. The van der Waals surface area contributed by atoms with Crippen molar-refractivity contribution in [1.29, 1.82) is 0 Å². The highest BCUT2D eigenvalue weighted by molar-refractivity contribution is 5.77. The van der Waals surface area contributed by atoms with Gasteiger partial charge in [0.15, 0.2) is 5.96 Å². The summed E-state index contributed by atoms with van der Waals surface area (Å²) >= 11 is 0. The Balaban J connectivity index is 1.65. The predicted octanol–water partition coefficient (Wildman–Crippen LogP) is 1.16. The van der Waals surface area contributed by atoms with Gasteiger partial charge in [-0.25, -0.2) is 0 Å². The molecule has 1 aromatic carbocycles. The normalized spacial score (nSPS) is 18.8. The Labute approximate surface area is 140 Å². The second-order valence-electron chi connectivity index (χ2n) is 6.21. The number of guanidine groups is 1. The number of nitrogens with one attached hydrogen (secondary N) is 1. The molecule has 0 spiro atoms. The maximum atomic E-state index is 5.97. The number of hydrogen-bond donors (Lipinski definition) is 2. The molecule has 128 valence electrons. The molecule has 1 fully saturated rings. The fourth-order valence-corrected chi connectivity index (χ4v) is 2.90. The molecule has 5 nitrogen and oxygen atoms in total. The summed E-state index contributed by atoms with van der Waals surface area (Å²) < 4.78 is 0. The summed E-state index contributed by atoms with van der Waals surface area (Å²) in [6, 6.07) is 10.9. The highest BCUT2D eigenvalue weighted by Gasteiger charge is 2.19. The third-order valence-corrected chi connectivity index (χ3v) is 4.57. The molecule has 23 heavy (non-hydrogen) atoms. The van der Waals surface area contributed by atoms with Gasteiger partial charge < -0.3 is 16.0 Å². The van der Waals surface area contributed by atoms with Crippen LogP contribution in [0.25, 0.3) is 0 Å². The summed E-state index contributed by atoms with van der Waals surface area (Å²) in [7, 11) is 0. The molecular formula is C18H31N5. The monoisotopic (exact) mass is 317 g/mol. The van der Waals surface area contributed by atoms with Crippen LogP contribution in [0, 0.1) is 0 Å². The third kappa shape index (κ3) is 6.20. The fraction of sp³-hybridized carbons (Fsp3) is 0.611. The van der Waals surface area contributed by atoms with Crippen LogP contribution in [0.3, 0.4) is 0 Å². The maximum absolute atomic E-state index is 5.97. The quantitative estimate of drug-likeness (QED) is 0.585. The second kappa shape index (κ2) is 9.53. The van der Waals surface area contributed by atoms with E-state index in [0.717, 1.165) is 52.2 Å². The molecule has 0 aliphatic carbocycles. The second-order valence-corrected chi connectivity index (χ2v) is 6.21. The first-order chi connectivity index (χ1) is 11.2. The lowest BCUT2D eigenvalue weighted by Crippen LogP contribution is -2.50. The predicted molar refractivity (Wildman–Crippen MR) is 97.8 cm³/mol. The lowest BCUT2D eigenvalue weighted by atomic mass is 10.1. The Kier molecular flexibility index (Phi) is 7.36. The van der Waals surface area contributed by atoms with Crippen molar-refractivity contribution in [2.24, 2.45) is 10.7 Å². The van der Waals surface area contributed by atoms with Gasteiger partial charge in [0.05, 0.1) is 6.54 Å². The number of aliphatic imine (C=N–C) groups is 1. The molecule has 1 atom stereocenters. The van der Waals surface area contributed by atoms with Crippen molar-refractivity contribution in [2.45, 2.75) is 26.3 Å². The lowest BCUT2D eigenvalue weighted by molar-refractivity contribution is 0.109. The minimum atomic E-state index is 0.448. The standard InChI is InChI=1S/C18H31N5/c1-3-22-11-13-23(14-12-22)16(2)15-21-18(19)20-10-9-17-7-5-4-6-8-17/h4-8,16H,3,9-15H2,1-2H3,(H3,19,20,21). The third-order valence-electron chi connectivity index (χ3n) is 4.57. The van der Waals surface area contributed by atoms with E-state index in [2.05, 4.69) is 58.2 Å². The Morgan fingerprint density at radius 1 is 1.22 bits per heavy atom. The number of nitrogens with two attached hydrogens (primary N) is 1. The molecule has 0 amide bonds. The Morgan fingerprint density at radius 2 is 1.91 bits per heavy atom. The van der Waals surface area contributed by atoms with Gasteiger partial charge in [-0.05, 0) is 25.5 Å². The first kappa shape index (κ1) is 17.8. The molecule has 1 aromatic rings. The molecule has 0 radical (unpaired) electrons. The van der Waals surface area contributed by atoms with Gasteiger partial charge >= 0.3 is 0 Å². The van der Waals surface area contributed by atoms with Crippen molar-refractivity contribution < 1.29 is 0 Å². The summed E-state index contributed by atoms with van der Waals surface area (Å²) in [6.45, 7) is 11.8. The van der Waals surface area contributed by atoms with Gasteiger partial charge in [0, 0.05) is 38.8 Å². The highest BCUT2D eigenvalue weighted by atomic mass is 15.3. The van der Waals surface area contributed by atoms with E-state index in [1.165, 1.54) is 5.56 Å². The average Bonchev–Trinajstić information content (AvgIpc) is 2.60. The van der Waals surface area contributed by atoms with Gasteiger partial charge in [-0.15, -0.1) is 0 Å². The van der Waals surface area contributed by atoms with Gasteiger partial charge in [-0.1, -0.05) is 37.3 Å². The Bertz CT molecular complexity index is 466. The molecule has 5 heteroatoms. The summed E-state index contributed by atoms with van der Waals surface area (Å²) in [6.07, 6.45) is 0.964. The van der Waals surface area contributed by atoms with Gasteiger partial charge in [0.25, 0.3) is 0 Å². The molecule has 1 heterocycles. The molecule has 0 bridgehead atoms. The van der Waals surface area contributed by atoms with Crippen molar-refractivity contribution in [1.82, 2.24) is 15.1 Å². The van der Waals surface area contributed by atoms with E-state index in [-0.39, 0.29) is 0 Å². The van der Waals surface area contributed by atoms with Gasteiger partial charge in [-0.3, -0.25) is 9.89 Å². The molecule has 1 unspecified atom stereocenters. The van der Waals surface area contributed by atoms with Crippen LogP contribution in [0.4, 0.5) is 0 Å². The summed E-state index contributed by atoms with van der Waals surface area (Å²) in [5.74, 6) is 0.556. The van der Waals surface area contributed by atoms with Crippen LogP contribution in [0.2, 0.25) is 0 Å². The van der Waals surface area contributed by atoms with Crippen LogP contribution in [-0.4, -0.2) is 67.6 Å². The molecule has 0 saturated carbocycles. The van der Waals surface area contributed by atoms with E-state index in [1.54, 1.807) is 0 Å². The minimum absolute atomic E-state index is 0.448. The number of likely N-dealkylation sites (N-methyl/N-ethyl adjacent to an activating group) is 1. The van der Waals surface area contributed by atoms with Crippen LogP contribution >= 0.6 is 0 Å². The minimum Gasteiger partial charge on any atom is -0.370 e. The zero-order valence-electron chi connectivity index (χ0n) is 14.5. The van der Waals surface area contributed by atoms with Gasteiger partial charge in [-0.2, -0.15) is 0 Å². The van der Waals surface area contributed by atoms with Crippen molar-refractivity contribution >= 4 is 5.96 Å². The molecule has 0 aromatic heterocycles. The average molecular weight is 317 g/mol. The van der Waals surface area contributed by atoms with Crippen LogP contribution in [0.5, 0.6) is 0 Å². The van der Waals surface area contributed by atoms with Crippen LogP contribution in [-0.2, 0) is 6.42 Å². The Morgan fingerprint density at radius 3 is 2.57 bits per heavy atom. The molecule has 2 rings (SSSR count). The molecule has 1 aliphatic rings. The van der Waals surface area contributed by atoms with E-state index >= 15 is 0 Å². The van der Waals surface area contributed by atoms with Crippen molar-refractivity contribution in [3.05, 3.63) is 35.9 Å². The Hall–Kier alpha value is -1.59. The van der Waals surface area contributed by atoms with E-state index in [9.17, 15) is 0 Å². The van der Waals surface area contributed by atoms with E-state index in [0.29, 0.717) is 12.0 Å². The topological polar surface area (TPSA) is 56.9 Å². The zero-order valence-corrected chi connectivity index (χ0v) is 14.5. The van der Waals surface area contributed by atoms with Gasteiger partial charge in [0.1, 0.15) is 0 Å². The first-order valence-corrected chi connectivity index (χ1v) is 8.73. The van der Waals surface area contributed by atoms with Crippen LogP contribution in [0.15, 0.2) is 35.3 Å². The van der Waals surface area contributed by atoms with E-state index in [4.69, 9.17) is 5.73 Å². The maximum Gasteiger partial charge on any atom is 0.188 e.